The molecule has 0 amide bonds. The lowest BCUT2D eigenvalue weighted by molar-refractivity contribution is 0.738. The molecule has 3 heteroatoms. The van der Waals surface area contributed by atoms with Crippen molar-refractivity contribution in [3.63, 3.8) is 0 Å². The normalized spacial score (nSPS) is 12.7. The average Bonchev–Trinajstić information content (AvgIpc) is 2.65. The van der Waals surface area contributed by atoms with Gasteiger partial charge in [0.15, 0.2) is 0 Å². The molecule has 1 atom stereocenters. The summed E-state index contributed by atoms with van der Waals surface area (Å²) in [6, 6.07) is 10.7. The number of rotatable bonds is 3. The maximum absolute atomic E-state index is 5.77. The Hall–Kier alpha value is -1.61. The number of nitrogens with two attached hydrogens (primary N) is 1. The molecule has 2 rings (SSSR count). The molecular formula is C13H17N3. The summed E-state index contributed by atoms with van der Waals surface area (Å²) in [7, 11) is 1.95. The number of hydrogen-bond donors (Lipinski definition) is 1. The van der Waals surface area contributed by atoms with Crippen LogP contribution in [0.15, 0.2) is 36.5 Å². The molecule has 2 aromatic rings. The van der Waals surface area contributed by atoms with Gasteiger partial charge in [-0.05, 0) is 30.5 Å². The van der Waals surface area contributed by atoms with E-state index in [1.165, 1.54) is 11.1 Å². The van der Waals surface area contributed by atoms with Gasteiger partial charge in [0, 0.05) is 19.3 Å². The lowest BCUT2D eigenvalue weighted by Crippen LogP contribution is -2.17. The molecule has 16 heavy (non-hydrogen) atoms. The summed E-state index contributed by atoms with van der Waals surface area (Å²) in [5, 5.41) is 4.16. The van der Waals surface area contributed by atoms with E-state index in [1.54, 1.807) is 0 Å². The van der Waals surface area contributed by atoms with Crippen molar-refractivity contribution in [2.75, 3.05) is 0 Å². The van der Waals surface area contributed by atoms with Crippen LogP contribution in [0.2, 0.25) is 0 Å². The van der Waals surface area contributed by atoms with Crippen molar-refractivity contribution >= 4 is 0 Å². The van der Waals surface area contributed by atoms with Crippen molar-refractivity contribution in [2.24, 2.45) is 12.8 Å². The molecule has 1 aromatic carbocycles. The third-order valence-corrected chi connectivity index (χ3v) is 2.63. The summed E-state index contributed by atoms with van der Waals surface area (Å²) in [6.07, 6.45) is 2.73. The van der Waals surface area contributed by atoms with Crippen LogP contribution in [-0.4, -0.2) is 15.8 Å². The van der Waals surface area contributed by atoms with Gasteiger partial charge >= 0.3 is 0 Å². The topological polar surface area (TPSA) is 43.8 Å². The number of aryl methyl sites for hydroxylation is 1. The van der Waals surface area contributed by atoms with Crippen LogP contribution in [0.25, 0.3) is 11.3 Å². The molecule has 1 unspecified atom stereocenters. The van der Waals surface area contributed by atoms with Crippen LogP contribution in [0.4, 0.5) is 0 Å². The predicted molar refractivity (Wildman–Crippen MR) is 66.0 cm³/mol. The van der Waals surface area contributed by atoms with E-state index in [0.717, 1.165) is 12.1 Å². The van der Waals surface area contributed by atoms with Gasteiger partial charge in [-0.15, -0.1) is 0 Å². The molecule has 0 spiro atoms. The first kappa shape index (κ1) is 10.9. The average molecular weight is 215 g/mol. The maximum Gasteiger partial charge on any atom is 0.0678 e. The van der Waals surface area contributed by atoms with E-state index in [0.29, 0.717) is 0 Å². The zero-order chi connectivity index (χ0) is 11.5. The van der Waals surface area contributed by atoms with Gasteiger partial charge in [0.1, 0.15) is 0 Å². The third-order valence-electron chi connectivity index (χ3n) is 2.63. The number of hydrogen-bond acceptors (Lipinski definition) is 2. The Morgan fingerprint density at radius 2 is 1.94 bits per heavy atom. The monoisotopic (exact) mass is 215 g/mol. The Labute approximate surface area is 95.9 Å². The Bertz CT molecular complexity index is 454. The maximum atomic E-state index is 5.77. The Balaban J connectivity index is 2.23. The molecule has 0 radical (unpaired) electrons. The molecular weight excluding hydrogens is 198 g/mol. The lowest BCUT2D eigenvalue weighted by Gasteiger charge is -2.06. The summed E-state index contributed by atoms with van der Waals surface area (Å²) in [5.41, 5.74) is 9.37. The van der Waals surface area contributed by atoms with E-state index in [4.69, 9.17) is 5.73 Å². The quantitative estimate of drug-likeness (QED) is 0.850. The summed E-state index contributed by atoms with van der Waals surface area (Å²) in [4.78, 5) is 0. The number of benzene rings is 1. The van der Waals surface area contributed by atoms with Gasteiger partial charge in [-0.1, -0.05) is 24.3 Å². The molecule has 0 bridgehead atoms. The second kappa shape index (κ2) is 4.49. The molecule has 0 aliphatic carbocycles. The summed E-state index contributed by atoms with van der Waals surface area (Å²) < 4.78 is 1.88. The van der Waals surface area contributed by atoms with Crippen molar-refractivity contribution in [3.8, 4) is 11.3 Å². The first-order valence-corrected chi connectivity index (χ1v) is 5.49. The highest BCUT2D eigenvalue weighted by Crippen LogP contribution is 2.18. The standard InChI is InChI=1S/C13H17N3/c1-10(14)9-11-3-5-12(6-4-11)13-7-8-15-16(13)2/h3-8,10H,9,14H2,1-2H3. The van der Waals surface area contributed by atoms with Crippen molar-refractivity contribution in [3.05, 3.63) is 42.1 Å². The fourth-order valence-electron chi connectivity index (χ4n) is 1.84. The summed E-state index contributed by atoms with van der Waals surface area (Å²) in [6.45, 7) is 2.02. The molecule has 0 fully saturated rings. The highest BCUT2D eigenvalue weighted by atomic mass is 15.2. The SMILES string of the molecule is CC(N)Cc1ccc(-c2ccnn2C)cc1. The van der Waals surface area contributed by atoms with Crippen LogP contribution in [0.5, 0.6) is 0 Å². The molecule has 0 aliphatic heterocycles. The van der Waals surface area contributed by atoms with Crippen LogP contribution in [-0.2, 0) is 13.5 Å². The van der Waals surface area contributed by atoms with Gasteiger partial charge in [-0.2, -0.15) is 5.10 Å². The van der Waals surface area contributed by atoms with Crippen LogP contribution >= 0.6 is 0 Å². The largest absolute Gasteiger partial charge is 0.328 e. The van der Waals surface area contributed by atoms with E-state index < -0.39 is 0 Å². The van der Waals surface area contributed by atoms with E-state index in [-0.39, 0.29) is 6.04 Å². The van der Waals surface area contributed by atoms with Gasteiger partial charge in [0.2, 0.25) is 0 Å². The predicted octanol–water partition coefficient (Wildman–Crippen LogP) is 1.98. The van der Waals surface area contributed by atoms with Gasteiger partial charge in [0.25, 0.3) is 0 Å². The van der Waals surface area contributed by atoms with E-state index in [1.807, 2.05) is 30.9 Å². The Morgan fingerprint density at radius 1 is 1.25 bits per heavy atom. The Kier molecular flexibility index (Phi) is 3.06. The first-order valence-electron chi connectivity index (χ1n) is 5.49. The lowest BCUT2D eigenvalue weighted by atomic mass is 10.0. The van der Waals surface area contributed by atoms with Crippen LogP contribution in [0.1, 0.15) is 12.5 Å². The highest BCUT2D eigenvalue weighted by Gasteiger charge is 2.03. The van der Waals surface area contributed by atoms with E-state index in [2.05, 4.69) is 29.4 Å². The van der Waals surface area contributed by atoms with Crippen LogP contribution in [0.3, 0.4) is 0 Å². The van der Waals surface area contributed by atoms with E-state index in [9.17, 15) is 0 Å². The summed E-state index contributed by atoms with van der Waals surface area (Å²) >= 11 is 0. The van der Waals surface area contributed by atoms with Gasteiger partial charge in [0.05, 0.1) is 5.69 Å². The molecule has 3 nitrogen and oxygen atoms in total. The van der Waals surface area contributed by atoms with E-state index >= 15 is 0 Å². The van der Waals surface area contributed by atoms with Gasteiger partial charge < -0.3 is 5.73 Å². The molecule has 0 aliphatic rings. The molecule has 1 aromatic heterocycles. The first-order chi connectivity index (χ1) is 7.66. The second-order valence-electron chi connectivity index (χ2n) is 4.22. The molecule has 0 saturated carbocycles. The van der Waals surface area contributed by atoms with Gasteiger partial charge in [-0.3, -0.25) is 4.68 Å². The minimum atomic E-state index is 0.211. The minimum absolute atomic E-state index is 0.211. The molecule has 2 N–H and O–H groups in total. The second-order valence-corrected chi connectivity index (χ2v) is 4.22. The zero-order valence-corrected chi connectivity index (χ0v) is 9.72. The minimum Gasteiger partial charge on any atom is -0.328 e. The van der Waals surface area contributed by atoms with Crippen molar-refractivity contribution < 1.29 is 0 Å². The van der Waals surface area contributed by atoms with Crippen molar-refractivity contribution in [1.82, 2.24) is 9.78 Å². The smallest absolute Gasteiger partial charge is 0.0678 e. The number of aromatic nitrogens is 2. The molecule has 1 heterocycles. The van der Waals surface area contributed by atoms with Crippen molar-refractivity contribution in [1.29, 1.82) is 0 Å². The van der Waals surface area contributed by atoms with Crippen LogP contribution in [0, 0.1) is 0 Å². The summed E-state index contributed by atoms with van der Waals surface area (Å²) in [5.74, 6) is 0. The molecule has 84 valence electrons. The van der Waals surface area contributed by atoms with Crippen molar-refractivity contribution in [2.45, 2.75) is 19.4 Å². The zero-order valence-electron chi connectivity index (χ0n) is 9.72. The highest BCUT2D eigenvalue weighted by molar-refractivity contribution is 5.59. The van der Waals surface area contributed by atoms with Crippen LogP contribution < -0.4 is 5.73 Å². The fraction of sp³-hybridized carbons (Fsp3) is 0.308. The fourth-order valence-corrected chi connectivity index (χ4v) is 1.84. The van der Waals surface area contributed by atoms with Gasteiger partial charge in [-0.25, -0.2) is 0 Å². The number of nitrogens with zero attached hydrogens (tertiary/aromatic N) is 2. The third kappa shape index (κ3) is 2.31. The molecule has 0 saturated heterocycles. The Morgan fingerprint density at radius 3 is 2.44 bits per heavy atom.